The number of amides is 1. The van der Waals surface area contributed by atoms with Gasteiger partial charge in [-0.25, -0.2) is 0 Å². The Hall–Kier alpha value is -1.55. The van der Waals surface area contributed by atoms with Crippen LogP contribution in [0.3, 0.4) is 0 Å². The highest BCUT2D eigenvalue weighted by atomic mass is 16.2. The van der Waals surface area contributed by atoms with Crippen LogP contribution in [0.15, 0.2) is 18.2 Å². The number of aryl methyl sites for hydroxylation is 1. The summed E-state index contributed by atoms with van der Waals surface area (Å²) in [5.41, 5.74) is 3.29. The summed E-state index contributed by atoms with van der Waals surface area (Å²) in [6.45, 7) is 5.66. The highest BCUT2D eigenvalue weighted by molar-refractivity contribution is 5.95. The largest absolute Gasteiger partial charge is 0.385 e. The molecule has 116 valence electrons. The monoisotopic (exact) mass is 289 g/mol. The smallest absolute Gasteiger partial charge is 0.253 e. The van der Waals surface area contributed by atoms with Gasteiger partial charge in [-0.05, 0) is 57.1 Å². The number of rotatable bonds is 6. The summed E-state index contributed by atoms with van der Waals surface area (Å²) in [5, 5.41) is 3.39. The molecule has 21 heavy (non-hydrogen) atoms. The molecule has 1 N–H and O–H groups in total. The summed E-state index contributed by atoms with van der Waals surface area (Å²) in [7, 11) is 4.08. The van der Waals surface area contributed by atoms with Gasteiger partial charge >= 0.3 is 0 Å². The summed E-state index contributed by atoms with van der Waals surface area (Å²) in [6.07, 6.45) is 3.20. The maximum atomic E-state index is 12.7. The molecule has 2 rings (SSSR count). The van der Waals surface area contributed by atoms with Crippen molar-refractivity contribution in [2.24, 2.45) is 0 Å². The first-order valence-electron chi connectivity index (χ1n) is 7.92. The molecule has 0 atom stereocenters. The molecule has 0 unspecified atom stereocenters. The van der Waals surface area contributed by atoms with E-state index in [9.17, 15) is 4.79 Å². The molecular weight excluding hydrogens is 262 g/mol. The molecule has 0 aromatic heterocycles. The first-order chi connectivity index (χ1) is 10.1. The van der Waals surface area contributed by atoms with Gasteiger partial charge in [0.2, 0.25) is 0 Å². The lowest BCUT2D eigenvalue weighted by Gasteiger charge is -2.25. The van der Waals surface area contributed by atoms with Crippen LogP contribution in [0, 0.1) is 0 Å². The molecule has 1 aromatic rings. The summed E-state index contributed by atoms with van der Waals surface area (Å²) in [4.78, 5) is 16.8. The van der Waals surface area contributed by atoms with Crippen LogP contribution in [-0.2, 0) is 6.42 Å². The normalized spacial score (nSPS) is 13.7. The zero-order valence-electron chi connectivity index (χ0n) is 13.5. The van der Waals surface area contributed by atoms with Gasteiger partial charge in [0.25, 0.3) is 5.91 Å². The van der Waals surface area contributed by atoms with Crippen LogP contribution in [0.25, 0.3) is 0 Å². The van der Waals surface area contributed by atoms with E-state index in [0.29, 0.717) is 0 Å². The van der Waals surface area contributed by atoms with E-state index in [1.807, 2.05) is 25.1 Å². The fraction of sp³-hybridized carbons (Fsp3) is 0.588. The van der Waals surface area contributed by atoms with Crippen molar-refractivity contribution < 1.29 is 4.79 Å². The number of carbonyl (C=O) groups excluding carboxylic acids is 1. The fourth-order valence-electron chi connectivity index (χ4n) is 2.70. The van der Waals surface area contributed by atoms with Crippen LogP contribution in [0.2, 0.25) is 0 Å². The second kappa shape index (κ2) is 7.46. The Labute approximate surface area is 128 Å². The standard InChI is InChI=1S/C17H27N3O/c1-4-10-20(12-11-19(2)3)17(21)15-7-8-16-14(13-15)6-5-9-18-16/h7-8,13,18H,4-6,9-12H2,1-3H3. The van der Waals surface area contributed by atoms with Crippen molar-refractivity contribution in [1.82, 2.24) is 9.80 Å². The first kappa shape index (κ1) is 15.8. The van der Waals surface area contributed by atoms with Crippen molar-refractivity contribution in [2.75, 3.05) is 45.6 Å². The molecule has 1 aliphatic rings. The molecule has 1 amide bonds. The van der Waals surface area contributed by atoms with E-state index in [1.54, 1.807) is 0 Å². The highest BCUT2D eigenvalue weighted by Gasteiger charge is 2.17. The quantitative estimate of drug-likeness (QED) is 0.874. The van der Waals surface area contributed by atoms with E-state index in [4.69, 9.17) is 0 Å². The van der Waals surface area contributed by atoms with E-state index < -0.39 is 0 Å². The van der Waals surface area contributed by atoms with E-state index in [2.05, 4.69) is 29.3 Å². The van der Waals surface area contributed by atoms with Gasteiger partial charge in [-0.1, -0.05) is 6.92 Å². The molecule has 0 spiro atoms. The lowest BCUT2D eigenvalue weighted by molar-refractivity contribution is 0.0745. The van der Waals surface area contributed by atoms with Gasteiger partial charge in [-0.15, -0.1) is 0 Å². The molecule has 4 heteroatoms. The van der Waals surface area contributed by atoms with Gasteiger partial charge in [0.05, 0.1) is 0 Å². The molecule has 1 aromatic carbocycles. The lowest BCUT2D eigenvalue weighted by atomic mass is 10.0. The van der Waals surface area contributed by atoms with Gasteiger partial charge in [-0.2, -0.15) is 0 Å². The van der Waals surface area contributed by atoms with Gasteiger partial charge < -0.3 is 15.1 Å². The molecular formula is C17H27N3O. The minimum absolute atomic E-state index is 0.159. The van der Waals surface area contributed by atoms with Crippen LogP contribution in [0.1, 0.15) is 35.7 Å². The average Bonchev–Trinajstić information content (AvgIpc) is 2.50. The van der Waals surface area contributed by atoms with Crippen molar-refractivity contribution in [3.8, 4) is 0 Å². The van der Waals surface area contributed by atoms with Crippen molar-refractivity contribution in [3.63, 3.8) is 0 Å². The Bertz CT molecular complexity index is 485. The third-order valence-corrected chi connectivity index (χ3v) is 3.89. The van der Waals surface area contributed by atoms with Crippen molar-refractivity contribution in [2.45, 2.75) is 26.2 Å². The maximum absolute atomic E-state index is 12.7. The van der Waals surface area contributed by atoms with Gasteiger partial charge in [0, 0.05) is 37.4 Å². The topological polar surface area (TPSA) is 35.6 Å². The third-order valence-electron chi connectivity index (χ3n) is 3.89. The predicted molar refractivity (Wildman–Crippen MR) is 88.0 cm³/mol. The van der Waals surface area contributed by atoms with Crippen molar-refractivity contribution >= 4 is 11.6 Å². The number of carbonyl (C=O) groups is 1. The van der Waals surface area contributed by atoms with E-state index in [1.165, 1.54) is 11.3 Å². The number of benzene rings is 1. The highest BCUT2D eigenvalue weighted by Crippen LogP contribution is 2.23. The van der Waals surface area contributed by atoms with E-state index in [-0.39, 0.29) is 5.91 Å². The molecule has 4 nitrogen and oxygen atoms in total. The second-order valence-electron chi connectivity index (χ2n) is 6.00. The lowest BCUT2D eigenvalue weighted by Crippen LogP contribution is -2.37. The molecule has 0 fully saturated rings. The summed E-state index contributed by atoms with van der Waals surface area (Å²) in [5.74, 6) is 0.159. The Balaban J connectivity index is 2.12. The molecule has 0 radical (unpaired) electrons. The summed E-state index contributed by atoms with van der Waals surface area (Å²) >= 11 is 0. The number of fused-ring (bicyclic) bond motifs is 1. The van der Waals surface area contributed by atoms with Gasteiger partial charge in [0.1, 0.15) is 0 Å². The average molecular weight is 289 g/mol. The zero-order valence-corrected chi connectivity index (χ0v) is 13.5. The van der Waals surface area contributed by atoms with Gasteiger partial charge in [0.15, 0.2) is 0 Å². The van der Waals surface area contributed by atoms with Crippen LogP contribution >= 0.6 is 0 Å². The SMILES string of the molecule is CCCN(CCN(C)C)C(=O)c1ccc2c(c1)CCCN2. The fourth-order valence-corrected chi connectivity index (χ4v) is 2.70. The number of hydrogen-bond acceptors (Lipinski definition) is 3. The van der Waals surface area contributed by atoms with Crippen LogP contribution < -0.4 is 5.32 Å². The number of nitrogens with zero attached hydrogens (tertiary/aromatic N) is 2. The number of hydrogen-bond donors (Lipinski definition) is 1. The molecule has 0 saturated heterocycles. The Morgan fingerprint density at radius 1 is 1.24 bits per heavy atom. The summed E-state index contributed by atoms with van der Waals surface area (Å²) in [6, 6.07) is 6.08. The Morgan fingerprint density at radius 2 is 2.05 bits per heavy atom. The first-order valence-corrected chi connectivity index (χ1v) is 7.92. The number of anilines is 1. The van der Waals surface area contributed by atoms with Crippen molar-refractivity contribution in [1.29, 1.82) is 0 Å². The zero-order chi connectivity index (χ0) is 15.2. The molecule has 0 aliphatic carbocycles. The molecule has 1 heterocycles. The number of nitrogens with one attached hydrogen (secondary N) is 1. The third kappa shape index (κ3) is 4.21. The number of likely N-dealkylation sites (N-methyl/N-ethyl adjacent to an activating group) is 1. The Kier molecular flexibility index (Phi) is 5.62. The maximum Gasteiger partial charge on any atom is 0.253 e. The van der Waals surface area contributed by atoms with E-state index >= 15 is 0 Å². The van der Waals surface area contributed by atoms with Gasteiger partial charge in [-0.3, -0.25) is 4.79 Å². The summed E-state index contributed by atoms with van der Waals surface area (Å²) < 4.78 is 0. The van der Waals surface area contributed by atoms with Crippen LogP contribution in [-0.4, -0.2) is 56.0 Å². The minimum Gasteiger partial charge on any atom is -0.385 e. The van der Waals surface area contributed by atoms with E-state index in [0.717, 1.165) is 51.0 Å². The molecule has 0 saturated carbocycles. The molecule has 1 aliphatic heterocycles. The van der Waals surface area contributed by atoms with Crippen LogP contribution in [0.4, 0.5) is 5.69 Å². The van der Waals surface area contributed by atoms with Crippen molar-refractivity contribution in [3.05, 3.63) is 29.3 Å². The molecule has 0 bridgehead atoms. The second-order valence-corrected chi connectivity index (χ2v) is 6.00. The Morgan fingerprint density at radius 3 is 2.76 bits per heavy atom. The minimum atomic E-state index is 0.159. The predicted octanol–water partition coefficient (Wildman–Crippen LogP) is 2.46. The van der Waals surface area contributed by atoms with Crippen LogP contribution in [0.5, 0.6) is 0 Å².